The summed E-state index contributed by atoms with van der Waals surface area (Å²) < 4.78 is 21.1. The number of piperidine rings is 1. The van der Waals surface area contributed by atoms with Crippen LogP contribution in [0.2, 0.25) is 0 Å². The normalized spacial score (nSPS) is 17.1. The molecule has 10 heteroatoms. The second kappa shape index (κ2) is 11.3. The molecular formula is C24H32N2O8. The lowest BCUT2D eigenvalue weighted by Gasteiger charge is -2.32. The maximum Gasteiger partial charge on any atom is 0.410 e. The number of likely N-dealkylation sites (tertiary alicyclic amines) is 1. The maximum absolute atomic E-state index is 12.5. The Labute approximate surface area is 199 Å². The van der Waals surface area contributed by atoms with Gasteiger partial charge in [-0.05, 0) is 57.9 Å². The van der Waals surface area contributed by atoms with E-state index in [-0.39, 0.29) is 36.1 Å². The number of benzene rings is 1. The highest BCUT2D eigenvalue weighted by atomic mass is 16.6. The van der Waals surface area contributed by atoms with Crippen LogP contribution in [0.3, 0.4) is 0 Å². The minimum absolute atomic E-state index is 0.250. The fraction of sp³-hybridized carbons (Fsp3) is 0.583. The first kappa shape index (κ1) is 25.5. The Morgan fingerprint density at radius 1 is 0.941 bits per heavy atom. The van der Waals surface area contributed by atoms with Crippen molar-refractivity contribution in [3.8, 4) is 5.75 Å². The van der Waals surface area contributed by atoms with Crippen molar-refractivity contribution in [1.82, 2.24) is 9.80 Å². The minimum atomic E-state index is -0.631. The summed E-state index contributed by atoms with van der Waals surface area (Å²) in [5, 5.41) is 0. The van der Waals surface area contributed by atoms with Crippen molar-refractivity contribution >= 4 is 23.9 Å². The van der Waals surface area contributed by atoms with Gasteiger partial charge in [0.05, 0.1) is 24.7 Å². The number of amides is 2. The van der Waals surface area contributed by atoms with E-state index >= 15 is 0 Å². The fourth-order valence-electron chi connectivity index (χ4n) is 3.60. The van der Waals surface area contributed by atoms with Crippen LogP contribution in [0, 0.1) is 5.92 Å². The Kier molecular flexibility index (Phi) is 8.49. The largest absolute Gasteiger partial charge is 0.452 e. The molecule has 0 bridgehead atoms. The molecule has 34 heavy (non-hydrogen) atoms. The number of hydrogen-bond acceptors (Lipinski definition) is 8. The molecule has 186 valence electrons. The van der Waals surface area contributed by atoms with Gasteiger partial charge in [-0.15, -0.1) is 0 Å². The van der Waals surface area contributed by atoms with Crippen LogP contribution in [-0.2, 0) is 23.8 Å². The molecule has 0 unspecified atom stereocenters. The van der Waals surface area contributed by atoms with Crippen LogP contribution in [0.15, 0.2) is 24.3 Å². The van der Waals surface area contributed by atoms with Gasteiger partial charge in [0.25, 0.3) is 5.91 Å². The smallest absolute Gasteiger partial charge is 0.410 e. The molecule has 0 aliphatic carbocycles. The number of carbonyl (C=O) groups excluding carboxylic acids is 4. The summed E-state index contributed by atoms with van der Waals surface area (Å²) in [6.45, 7) is 7.85. The molecule has 2 aliphatic rings. The molecule has 0 N–H and O–H groups in total. The van der Waals surface area contributed by atoms with Crippen LogP contribution in [0.1, 0.15) is 44.0 Å². The standard InChI is InChI=1S/C24H32N2O8/c1-24(2,3)34-23(30)26-10-8-18(9-11-26)22(29)33-19-6-4-17(5-7-19)21(28)32-16-20(27)25-12-14-31-15-13-25/h4-7,18H,8-16H2,1-3H3. The summed E-state index contributed by atoms with van der Waals surface area (Å²) >= 11 is 0. The van der Waals surface area contributed by atoms with E-state index in [0.717, 1.165) is 0 Å². The van der Waals surface area contributed by atoms with Crippen molar-refractivity contribution < 1.29 is 38.1 Å². The molecule has 2 heterocycles. The number of hydrogen-bond donors (Lipinski definition) is 0. The summed E-state index contributed by atoms with van der Waals surface area (Å²) in [4.78, 5) is 52.2. The van der Waals surface area contributed by atoms with Crippen LogP contribution >= 0.6 is 0 Å². The van der Waals surface area contributed by atoms with Crippen LogP contribution in [0.25, 0.3) is 0 Å². The molecule has 0 spiro atoms. The Bertz CT molecular complexity index is 879. The first-order valence-electron chi connectivity index (χ1n) is 11.4. The van der Waals surface area contributed by atoms with Gasteiger partial charge in [-0.3, -0.25) is 9.59 Å². The summed E-state index contributed by atoms with van der Waals surface area (Å²) in [7, 11) is 0. The maximum atomic E-state index is 12.5. The van der Waals surface area contributed by atoms with E-state index in [1.807, 2.05) is 20.8 Å². The Morgan fingerprint density at radius 3 is 2.15 bits per heavy atom. The van der Waals surface area contributed by atoms with Crippen molar-refractivity contribution in [3.05, 3.63) is 29.8 Å². The number of rotatable bonds is 5. The van der Waals surface area contributed by atoms with Crippen molar-refractivity contribution in [1.29, 1.82) is 0 Å². The molecule has 3 rings (SSSR count). The molecule has 1 aromatic rings. The zero-order valence-corrected chi connectivity index (χ0v) is 19.9. The van der Waals surface area contributed by atoms with Crippen molar-refractivity contribution in [2.45, 2.75) is 39.2 Å². The van der Waals surface area contributed by atoms with Gasteiger partial charge in [0.1, 0.15) is 11.4 Å². The lowest BCUT2D eigenvalue weighted by molar-refractivity contribution is -0.140. The van der Waals surface area contributed by atoms with E-state index in [0.29, 0.717) is 58.0 Å². The SMILES string of the molecule is CC(C)(C)OC(=O)N1CCC(C(=O)Oc2ccc(C(=O)OCC(=O)N3CCOCC3)cc2)CC1. The van der Waals surface area contributed by atoms with Crippen LogP contribution in [0.5, 0.6) is 5.75 Å². The van der Waals surface area contributed by atoms with Crippen molar-refractivity contribution in [2.24, 2.45) is 5.92 Å². The molecule has 0 atom stereocenters. The molecule has 2 fully saturated rings. The quantitative estimate of drug-likeness (QED) is 0.470. The van der Waals surface area contributed by atoms with E-state index < -0.39 is 11.6 Å². The molecule has 0 aromatic heterocycles. The number of carbonyl (C=O) groups is 4. The van der Waals surface area contributed by atoms with E-state index in [1.165, 1.54) is 24.3 Å². The van der Waals surface area contributed by atoms with Gasteiger partial charge in [-0.25, -0.2) is 9.59 Å². The molecule has 2 aliphatic heterocycles. The topological polar surface area (TPSA) is 112 Å². The highest BCUT2D eigenvalue weighted by Gasteiger charge is 2.31. The van der Waals surface area contributed by atoms with E-state index in [1.54, 1.807) is 9.80 Å². The molecule has 2 saturated heterocycles. The van der Waals surface area contributed by atoms with Crippen molar-refractivity contribution in [3.63, 3.8) is 0 Å². The number of nitrogens with zero attached hydrogens (tertiary/aromatic N) is 2. The first-order valence-corrected chi connectivity index (χ1v) is 11.4. The van der Waals surface area contributed by atoms with Gasteiger partial charge in [0.2, 0.25) is 0 Å². The number of ether oxygens (including phenoxy) is 4. The van der Waals surface area contributed by atoms with Gasteiger partial charge in [-0.2, -0.15) is 0 Å². The lowest BCUT2D eigenvalue weighted by atomic mass is 9.97. The highest BCUT2D eigenvalue weighted by molar-refractivity contribution is 5.91. The van der Waals surface area contributed by atoms with Gasteiger partial charge in [-0.1, -0.05) is 0 Å². The summed E-state index contributed by atoms with van der Waals surface area (Å²) in [5.74, 6) is -1.29. The third-order valence-corrected chi connectivity index (χ3v) is 5.48. The Balaban J connectivity index is 1.42. The second-order valence-corrected chi connectivity index (χ2v) is 9.26. The van der Waals surface area contributed by atoms with E-state index in [2.05, 4.69) is 0 Å². The van der Waals surface area contributed by atoms with Gasteiger partial charge in [0, 0.05) is 26.2 Å². The zero-order chi connectivity index (χ0) is 24.7. The van der Waals surface area contributed by atoms with Gasteiger partial charge in [0.15, 0.2) is 6.61 Å². The van der Waals surface area contributed by atoms with Crippen LogP contribution < -0.4 is 4.74 Å². The molecule has 1 aromatic carbocycles. The Hall–Kier alpha value is -3.14. The number of esters is 2. The summed E-state index contributed by atoms with van der Waals surface area (Å²) in [5.41, 5.74) is -0.316. The second-order valence-electron chi connectivity index (χ2n) is 9.26. The van der Waals surface area contributed by atoms with Crippen LogP contribution in [0.4, 0.5) is 4.79 Å². The molecular weight excluding hydrogens is 444 g/mol. The Morgan fingerprint density at radius 2 is 1.56 bits per heavy atom. The monoisotopic (exact) mass is 476 g/mol. The summed E-state index contributed by atoms with van der Waals surface area (Å²) in [6, 6.07) is 5.98. The molecule has 0 saturated carbocycles. The zero-order valence-electron chi connectivity index (χ0n) is 19.9. The first-order chi connectivity index (χ1) is 16.1. The molecule has 0 radical (unpaired) electrons. The number of morpholine rings is 1. The lowest BCUT2D eigenvalue weighted by Crippen LogP contribution is -2.43. The summed E-state index contributed by atoms with van der Waals surface area (Å²) in [6.07, 6.45) is 0.590. The third kappa shape index (κ3) is 7.44. The van der Waals surface area contributed by atoms with E-state index in [4.69, 9.17) is 18.9 Å². The van der Waals surface area contributed by atoms with Gasteiger partial charge < -0.3 is 28.7 Å². The molecule has 10 nitrogen and oxygen atoms in total. The highest BCUT2D eigenvalue weighted by Crippen LogP contribution is 2.22. The fourth-order valence-corrected chi connectivity index (χ4v) is 3.60. The van der Waals surface area contributed by atoms with Crippen LogP contribution in [-0.4, -0.2) is 85.3 Å². The average Bonchev–Trinajstić information content (AvgIpc) is 2.82. The third-order valence-electron chi connectivity index (χ3n) is 5.48. The predicted octanol–water partition coefficient (Wildman–Crippen LogP) is 2.25. The van der Waals surface area contributed by atoms with Gasteiger partial charge >= 0.3 is 18.0 Å². The minimum Gasteiger partial charge on any atom is -0.452 e. The van der Waals surface area contributed by atoms with E-state index in [9.17, 15) is 19.2 Å². The average molecular weight is 477 g/mol. The van der Waals surface area contributed by atoms with Crippen molar-refractivity contribution in [2.75, 3.05) is 46.0 Å². The molecule has 2 amide bonds. The predicted molar refractivity (Wildman–Crippen MR) is 120 cm³/mol.